The molecular weight excluding hydrogens is 256 g/mol. The van der Waals surface area contributed by atoms with Gasteiger partial charge in [-0.1, -0.05) is 97.3 Å². The van der Waals surface area contributed by atoms with Crippen LogP contribution >= 0.6 is 0 Å². The van der Waals surface area contributed by atoms with E-state index in [1.165, 1.54) is 95.8 Å². The van der Waals surface area contributed by atoms with Crippen molar-refractivity contribution in [1.82, 2.24) is 0 Å². The minimum absolute atomic E-state index is 0.700. The van der Waals surface area contributed by atoms with Gasteiger partial charge in [0, 0.05) is 6.42 Å². The van der Waals surface area contributed by atoms with Crippen LogP contribution in [-0.2, 0) is 4.79 Å². The maximum Gasteiger partial charge on any atom is 0.120 e. The van der Waals surface area contributed by atoms with Gasteiger partial charge in [-0.05, 0) is 18.8 Å². The van der Waals surface area contributed by atoms with Crippen LogP contribution in [-0.4, -0.2) is 6.29 Å². The quantitative estimate of drug-likeness (QED) is 0.208. The van der Waals surface area contributed by atoms with Gasteiger partial charge in [-0.15, -0.1) is 0 Å². The van der Waals surface area contributed by atoms with Crippen LogP contribution in [0, 0.1) is 5.92 Å². The van der Waals surface area contributed by atoms with Crippen LogP contribution in [0.1, 0.15) is 117 Å². The summed E-state index contributed by atoms with van der Waals surface area (Å²) in [6, 6.07) is 0. The van der Waals surface area contributed by atoms with E-state index in [4.69, 9.17) is 0 Å². The zero-order chi connectivity index (χ0) is 15.6. The van der Waals surface area contributed by atoms with Crippen LogP contribution in [0.25, 0.3) is 0 Å². The molecule has 0 saturated carbocycles. The molecule has 0 amide bonds. The molecule has 1 radical (unpaired) electrons. The zero-order valence-electron chi connectivity index (χ0n) is 14.8. The van der Waals surface area contributed by atoms with E-state index in [9.17, 15) is 4.79 Å². The van der Waals surface area contributed by atoms with E-state index in [-0.39, 0.29) is 0 Å². The molecule has 0 unspecified atom stereocenters. The lowest BCUT2D eigenvalue weighted by molar-refractivity contribution is -0.107. The SMILES string of the molecule is CCCCCCCCCCCCCC[C](CC=O)CCC. The summed E-state index contributed by atoms with van der Waals surface area (Å²) in [6.45, 7) is 4.48. The maximum absolute atomic E-state index is 10.6. The molecule has 0 N–H and O–H groups in total. The first kappa shape index (κ1) is 20.7. The lowest BCUT2D eigenvalue weighted by Crippen LogP contribution is -1.98. The highest BCUT2D eigenvalue weighted by molar-refractivity contribution is 5.52. The van der Waals surface area contributed by atoms with Crippen molar-refractivity contribution in [3.63, 3.8) is 0 Å². The first-order valence-electron chi connectivity index (χ1n) is 9.62. The Balaban J connectivity index is 3.19. The average Bonchev–Trinajstić information content (AvgIpc) is 2.48. The molecule has 0 atom stereocenters. The van der Waals surface area contributed by atoms with Gasteiger partial charge in [-0.3, -0.25) is 0 Å². The number of hydrogen-bond donors (Lipinski definition) is 0. The zero-order valence-corrected chi connectivity index (χ0v) is 14.8. The predicted molar refractivity (Wildman–Crippen MR) is 94.5 cm³/mol. The predicted octanol–water partition coefficient (Wildman–Crippen LogP) is 7.04. The van der Waals surface area contributed by atoms with Gasteiger partial charge in [0.2, 0.25) is 0 Å². The van der Waals surface area contributed by atoms with Crippen LogP contribution in [0.2, 0.25) is 0 Å². The van der Waals surface area contributed by atoms with Crippen molar-refractivity contribution in [2.45, 2.75) is 117 Å². The third-order valence-electron chi connectivity index (χ3n) is 4.36. The van der Waals surface area contributed by atoms with Crippen molar-refractivity contribution in [3.05, 3.63) is 5.92 Å². The van der Waals surface area contributed by atoms with E-state index in [0.29, 0.717) is 6.42 Å². The third kappa shape index (κ3) is 15.9. The third-order valence-corrected chi connectivity index (χ3v) is 4.36. The highest BCUT2D eigenvalue weighted by Crippen LogP contribution is 2.21. The lowest BCUT2D eigenvalue weighted by atomic mass is 9.93. The molecule has 125 valence electrons. The number of rotatable bonds is 17. The van der Waals surface area contributed by atoms with Crippen molar-refractivity contribution in [2.24, 2.45) is 0 Å². The summed E-state index contributed by atoms with van der Waals surface area (Å²) in [7, 11) is 0. The molecule has 0 fully saturated rings. The molecule has 21 heavy (non-hydrogen) atoms. The Morgan fingerprint density at radius 2 is 1.10 bits per heavy atom. The van der Waals surface area contributed by atoms with Crippen molar-refractivity contribution in [3.8, 4) is 0 Å². The fourth-order valence-electron chi connectivity index (χ4n) is 3.02. The molecule has 1 nitrogen and oxygen atoms in total. The molecule has 0 aromatic rings. The van der Waals surface area contributed by atoms with Crippen molar-refractivity contribution in [1.29, 1.82) is 0 Å². The van der Waals surface area contributed by atoms with Gasteiger partial charge in [-0.2, -0.15) is 0 Å². The van der Waals surface area contributed by atoms with Crippen LogP contribution in [0.3, 0.4) is 0 Å². The number of hydrogen-bond acceptors (Lipinski definition) is 1. The summed E-state index contributed by atoms with van der Waals surface area (Å²) in [5, 5.41) is 0. The summed E-state index contributed by atoms with van der Waals surface area (Å²) < 4.78 is 0. The molecule has 0 bridgehead atoms. The van der Waals surface area contributed by atoms with Crippen LogP contribution in [0.15, 0.2) is 0 Å². The molecule has 0 spiro atoms. The highest BCUT2D eigenvalue weighted by atomic mass is 16.1. The Bertz CT molecular complexity index is 200. The fraction of sp³-hybridized carbons (Fsp3) is 0.900. The summed E-state index contributed by atoms with van der Waals surface area (Å²) in [5.41, 5.74) is 0. The maximum atomic E-state index is 10.6. The Hall–Kier alpha value is -0.330. The van der Waals surface area contributed by atoms with Gasteiger partial charge in [0.05, 0.1) is 0 Å². The second-order valence-corrected chi connectivity index (χ2v) is 6.51. The number of aldehydes is 1. The topological polar surface area (TPSA) is 17.1 Å². The van der Waals surface area contributed by atoms with E-state index in [1.807, 2.05) is 0 Å². The van der Waals surface area contributed by atoms with Crippen molar-refractivity contribution >= 4 is 6.29 Å². The van der Waals surface area contributed by atoms with Gasteiger partial charge >= 0.3 is 0 Å². The molecule has 0 aliphatic rings. The summed E-state index contributed by atoms with van der Waals surface area (Å²) >= 11 is 0. The summed E-state index contributed by atoms with van der Waals surface area (Å²) in [6.07, 6.45) is 22.1. The van der Waals surface area contributed by atoms with E-state index in [1.54, 1.807) is 0 Å². The van der Waals surface area contributed by atoms with Crippen LogP contribution in [0.4, 0.5) is 0 Å². The van der Waals surface area contributed by atoms with Gasteiger partial charge in [0.25, 0.3) is 0 Å². The number of carbonyl (C=O) groups is 1. The van der Waals surface area contributed by atoms with E-state index >= 15 is 0 Å². The molecule has 0 aliphatic carbocycles. The number of carbonyl (C=O) groups excluding carboxylic acids is 1. The Labute approximate surface area is 134 Å². The van der Waals surface area contributed by atoms with Gasteiger partial charge in [-0.25, -0.2) is 0 Å². The van der Waals surface area contributed by atoms with E-state index < -0.39 is 0 Å². The molecule has 0 saturated heterocycles. The fourth-order valence-corrected chi connectivity index (χ4v) is 3.02. The van der Waals surface area contributed by atoms with Gasteiger partial charge in [0.15, 0.2) is 0 Å². The van der Waals surface area contributed by atoms with Gasteiger partial charge < -0.3 is 4.79 Å². The summed E-state index contributed by atoms with van der Waals surface area (Å²) in [4.78, 5) is 10.6. The molecule has 0 rings (SSSR count). The molecule has 0 heterocycles. The molecule has 1 heteroatoms. The minimum Gasteiger partial charge on any atom is -0.303 e. The largest absolute Gasteiger partial charge is 0.303 e. The Morgan fingerprint density at radius 1 is 0.619 bits per heavy atom. The Morgan fingerprint density at radius 3 is 1.52 bits per heavy atom. The number of unbranched alkanes of at least 4 members (excludes halogenated alkanes) is 11. The second-order valence-electron chi connectivity index (χ2n) is 6.51. The molecule has 0 aromatic carbocycles. The summed E-state index contributed by atoms with van der Waals surface area (Å²) in [5.74, 6) is 1.47. The normalized spacial score (nSPS) is 11.2. The standard InChI is InChI=1S/C20H39O/c1-3-5-6-7-8-9-10-11-12-13-14-15-17-20(16-4-2)18-19-21/h19H,3-18H2,1-2H3. The van der Waals surface area contributed by atoms with Gasteiger partial charge in [0.1, 0.15) is 6.29 Å². The van der Waals surface area contributed by atoms with Crippen LogP contribution < -0.4 is 0 Å². The van der Waals surface area contributed by atoms with Crippen molar-refractivity contribution < 1.29 is 4.79 Å². The Kier molecular flexibility index (Phi) is 17.4. The molecule has 0 aromatic heterocycles. The first-order chi connectivity index (χ1) is 10.3. The smallest absolute Gasteiger partial charge is 0.120 e. The van der Waals surface area contributed by atoms with E-state index in [2.05, 4.69) is 13.8 Å². The van der Waals surface area contributed by atoms with Crippen molar-refractivity contribution in [2.75, 3.05) is 0 Å². The first-order valence-corrected chi connectivity index (χ1v) is 9.62. The van der Waals surface area contributed by atoms with Crippen LogP contribution in [0.5, 0.6) is 0 Å². The minimum atomic E-state index is 0.700. The molecular formula is C20H39O. The van der Waals surface area contributed by atoms with E-state index in [0.717, 1.165) is 12.7 Å². The second kappa shape index (κ2) is 17.7. The molecule has 0 aliphatic heterocycles. The lowest BCUT2D eigenvalue weighted by Gasteiger charge is -2.11. The monoisotopic (exact) mass is 295 g/mol. The highest BCUT2D eigenvalue weighted by Gasteiger charge is 2.06. The average molecular weight is 296 g/mol.